The highest BCUT2D eigenvalue weighted by Gasteiger charge is 2.25. The van der Waals surface area contributed by atoms with Gasteiger partial charge in [0.25, 0.3) is 5.91 Å². The van der Waals surface area contributed by atoms with Gasteiger partial charge in [0.15, 0.2) is 11.5 Å². The van der Waals surface area contributed by atoms with Crippen molar-refractivity contribution in [1.82, 2.24) is 5.32 Å². The van der Waals surface area contributed by atoms with Crippen molar-refractivity contribution in [3.05, 3.63) is 53.6 Å². The summed E-state index contributed by atoms with van der Waals surface area (Å²) >= 11 is 0. The Kier molecular flexibility index (Phi) is 2.70. The molecular weight excluding hydrogens is 268 g/mol. The third-order valence-corrected chi connectivity index (χ3v) is 3.65. The molecule has 106 valence electrons. The van der Waals surface area contributed by atoms with Crippen molar-refractivity contribution in [2.45, 2.75) is 6.17 Å². The fourth-order valence-corrected chi connectivity index (χ4v) is 2.61. The van der Waals surface area contributed by atoms with E-state index in [4.69, 9.17) is 9.47 Å². The third-order valence-electron chi connectivity index (χ3n) is 3.65. The van der Waals surface area contributed by atoms with Crippen LogP contribution in [-0.4, -0.2) is 19.1 Å². The number of hydrogen-bond donors (Lipinski definition) is 2. The summed E-state index contributed by atoms with van der Waals surface area (Å²) in [6, 6.07) is 13.2. The number of amides is 1. The van der Waals surface area contributed by atoms with Gasteiger partial charge in [-0.15, -0.1) is 0 Å². The molecule has 2 aromatic carbocycles. The van der Waals surface area contributed by atoms with Crippen LogP contribution in [0.25, 0.3) is 0 Å². The van der Waals surface area contributed by atoms with Gasteiger partial charge in [-0.05, 0) is 29.8 Å². The minimum atomic E-state index is -0.275. The van der Waals surface area contributed by atoms with Gasteiger partial charge in [0.1, 0.15) is 19.4 Å². The highest BCUT2D eigenvalue weighted by molar-refractivity contribution is 6.01. The molecule has 0 saturated heterocycles. The van der Waals surface area contributed by atoms with Gasteiger partial charge in [0.2, 0.25) is 0 Å². The lowest BCUT2D eigenvalue weighted by Gasteiger charge is -2.29. The van der Waals surface area contributed by atoms with E-state index in [1.165, 1.54) is 0 Å². The number of rotatable bonds is 1. The van der Waals surface area contributed by atoms with Crippen molar-refractivity contribution in [3.63, 3.8) is 0 Å². The van der Waals surface area contributed by atoms with Gasteiger partial charge < -0.3 is 20.1 Å². The first-order valence-electron chi connectivity index (χ1n) is 6.87. The Morgan fingerprint density at radius 3 is 2.67 bits per heavy atom. The molecule has 2 aliphatic rings. The molecule has 0 unspecified atom stereocenters. The van der Waals surface area contributed by atoms with Crippen molar-refractivity contribution in [2.24, 2.45) is 0 Å². The van der Waals surface area contributed by atoms with Crippen LogP contribution in [0.4, 0.5) is 5.69 Å². The predicted molar refractivity (Wildman–Crippen MR) is 77.7 cm³/mol. The number of fused-ring (bicyclic) bond motifs is 2. The maximum atomic E-state index is 12.2. The number of hydrogen-bond acceptors (Lipinski definition) is 4. The average molecular weight is 282 g/mol. The molecule has 0 bridgehead atoms. The van der Waals surface area contributed by atoms with Gasteiger partial charge in [-0.2, -0.15) is 0 Å². The number of ether oxygens (including phenoxy) is 2. The molecule has 1 amide bonds. The van der Waals surface area contributed by atoms with Crippen molar-refractivity contribution in [2.75, 3.05) is 18.5 Å². The number of carbonyl (C=O) groups is 1. The van der Waals surface area contributed by atoms with Crippen LogP contribution < -0.4 is 20.1 Å². The Morgan fingerprint density at radius 2 is 1.76 bits per heavy atom. The van der Waals surface area contributed by atoms with Crippen LogP contribution in [0.3, 0.4) is 0 Å². The lowest BCUT2D eigenvalue weighted by atomic mass is 10.1. The lowest BCUT2D eigenvalue weighted by Crippen LogP contribution is -2.38. The van der Waals surface area contributed by atoms with E-state index < -0.39 is 0 Å². The second kappa shape index (κ2) is 4.70. The number of anilines is 1. The topological polar surface area (TPSA) is 59.6 Å². The van der Waals surface area contributed by atoms with Crippen LogP contribution in [0.15, 0.2) is 42.5 Å². The monoisotopic (exact) mass is 282 g/mol. The van der Waals surface area contributed by atoms with Gasteiger partial charge in [-0.1, -0.05) is 18.2 Å². The minimum absolute atomic E-state index is 0.0794. The zero-order valence-electron chi connectivity index (χ0n) is 11.3. The molecule has 21 heavy (non-hydrogen) atoms. The molecule has 0 aliphatic carbocycles. The summed E-state index contributed by atoms with van der Waals surface area (Å²) in [6.45, 7) is 1.11. The first-order valence-corrected chi connectivity index (χ1v) is 6.87. The SMILES string of the molecule is O=C1N[C@@H](c2ccc3c(c2)OCCO3)Nc2ccccc21. The van der Waals surface area contributed by atoms with Gasteiger partial charge in [0.05, 0.1) is 5.56 Å². The van der Waals surface area contributed by atoms with Crippen LogP contribution in [0.1, 0.15) is 22.1 Å². The van der Waals surface area contributed by atoms with Gasteiger partial charge in [-0.3, -0.25) is 4.79 Å². The van der Waals surface area contributed by atoms with E-state index in [0.717, 1.165) is 17.0 Å². The van der Waals surface area contributed by atoms with Crippen molar-refractivity contribution < 1.29 is 14.3 Å². The molecule has 2 heterocycles. The Hall–Kier alpha value is -2.69. The van der Waals surface area contributed by atoms with Crippen LogP contribution >= 0.6 is 0 Å². The van der Waals surface area contributed by atoms with E-state index in [1.54, 1.807) is 6.07 Å². The minimum Gasteiger partial charge on any atom is -0.486 e. The largest absolute Gasteiger partial charge is 0.486 e. The highest BCUT2D eigenvalue weighted by Crippen LogP contribution is 2.34. The van der Waals surface area contributed by atoms with Crippen molar-refractivity contribution >= 4 is 11.6 Å². The second-order valence-corrected chi connectivity index (χ2v) is 5.00. The molecule has 0 aromatic heterocycles. The van der Waals surface area contributed by atoms with Crippen molar-refractivity contribution in [1.29, 1.82) is 0 Å². The smallest absolute Gasteiger partial charge is 0.255 e. The number of nitrogens with one attached hydrogen (secondary N) is 2. The zero-order chi connectivity index (χ0) is 14.2. The lowest BCUT2D eigenvalue weighted by molar-refractivity contribution is 0.0935. The van der Waals surface area contributed by atoms with Crippen LogP contribution in [0, 0.1) is 0 Å². The Balaban J connectivity index is 1.67. The summed E-state index contributed by atoms with van der Waals surface area (Å²) in [5, 5.41) is 6.27. The molecule has 0 spiro atoms. The second-order valence-electron chi connectivity index (χ2n) is 5.00. The van der Waals surface area contributed by atoms with Crippen LogP contribution in [0.2, 0.25) is 0 Å². The average Bonchev–Trinajstić information content (AvgIpc) is 2.54. The summed E-state index contributed by atoms with van der Waals surface area (Å²) in [5.41, 5.74) is 2.43. The summed E-state index contributed by atoms with van der Waals surface area (Å²) in [6.07, 6.45) is -0.275. The first-order chi connectivity index (χ1) is 10.3. The molecule has 0 radical (unpaired) electrons. The summed E-state index contributed by atoms with van der Waals surface area (Å²) in [7, 11) is 0. The first kappa shape index (κ1) is 12.1. The maximum absolute atomic E-state index is 12.2. The van der Waals surface area contributed by atoms with Gasteiger partial charge >= 0.3 is 0 Å². The highest BCUT2D eigenvalue weighted by atomic mass is 16.6. The summed E-state index contributed by atoms with van der Waals surface area (Å²) in [5.74, 6) is 1.38. The van der Waals surface area contributed by atoms with Crippen LogP contribution in [-0.2, 0) is 0 Å². The van der Waals surface area contributed by atoms with E-state index in [-0.39, 0.29) is 12.1 Å². The Bertz CT molecular complexity index is 714. The standard InChI is InChI=1S/C16H14N2O3/c19-16-11-3-1-2-4-12(11)17-15(18-16)10-5-6-13-14(9-10)21-8-7-20-13/h1-6,9,15,17H,7-8H2,(H,18,19)/t15-/m0/s1. The summed E-state index contributed by atoms with van der Waals surface area (Å²) in [4.78, 5) is 12.2. The van der Waals surface area contributed by atoms with Crippen molar-refractivity contribution in [3.8, 4) is 11.5 Å². The molecule has 2 aromatic rings. The van der Waals surface area contributed by atoms with Gasteiger partial charge in [0, 0.05) is 5.69 Å². The Labute approximate surface area is 121 Å². The molecule has 0 saturated carbocycles. The zero-order valence-corrected chi connectivity index (χ0v) is 11.3. The quantitative estimate of drug-likeness (QED) is 0.842. The molecule has 2 N–H and O–H groups in total. The molecule has 5 nitrogen and oxygen atoms in total. The summed E-state index contributed by atoms with van der Waals surface area (Å²) < 4.78 is 11.1. The molecule has 5 heteroatoms. The van der Waals surface area contributed by atoms with E-state index in [2.05, 4.69) is 10.6 Å². The van der Waals surface area contributed by atoms with E-state index in [9.17, 15) is 4.79 Å². The predicted octanol–water partition coefficient (Wildman–Crippen LogP) is 2.31. The van der Waals surface area contributed by atoms with E-state index in [0.29, 0.717) is 24.5 Å². The fraction of sp³-hybridized carbons (Fsp3) is 0.188. The van der Waals surface area contributed by atoms with E-state index in [1.807, 2.05) is 36.4 Å². The molecular formula is C16H14N2O3. The number of benzene rings is 2. The van der Waals surface area contributed by atoms with E-state index >= 15 is 0 Å². The van der Waals surface area contributed by atoms with Crippen LogP contribution in [0.5, 0.6) is 11.5 Å². The molecule has 4 rings (SSSR count). The third kappa shape index (κ3) is 2.07. The molecule has 2 aliphatic heterocycles. The normalized spacial score (nSPS) is 19.2. The number of para-hydroxylation sites is 1. The molecule has 1 atom stereocenters. The maximum Gasteiger partial charge on any atom is 0.255 e. The Morgan fingerprint density at radius 1 is 0.952 bits per heavy atom. The fourth-order valence-electron chi connectivity index (χ4n) is 2.61. The number of carbonyl (C=O) groups excluding carboxylic acids is 1. The molecule has 0 fully saturated rings. The van der Waals surface area contributed by atoms with Gasteiger partial charge in [-0.25, -0.2) is 0 Å².